The van der Waals surface area contributed by atoms with E-state index in [4.69, 9.17) is 5.41 Å². The molecule has 0 aromatic heterocycles. The van der Waals surface area contributed by atoms with Crippen LogP contribution in [0.3, 0.4) is 0 Å². The fourth-order valence-corrected chi connectivity index (χ4v) is 3.97. The average molecular weight is 277 g/mol. The molecule has 2 N–H and O–H groups in total. The summed E-state index contributed by atoms with van der Waals surface area (Å²) >= 11 is 0. The highest BCUT2D eigenvalue weighted by atomic mass is 16.2. The van der Waals surface area contributed by atoms with Crippen molar-refractivity contribution in [2.45, 2.75) is 64.3 Å². The van der Waals surface area contributed by atoms with Gasteiger partial charge in [0.1, 0.15) is 11.4 Å². The molecule has 3 fully saturated rings. The highest BCUT2D eigenvalue weighted by Gasteiger charge is 2.51. The molecule has 0 aromatic rings. The van der Waals surface area contributed by atoms with Crippen molar-refractivity contribution in [2.75, 3.05) is 6.54 Å². The number of nitrogens with one attached hydrogen (secondary N) is 2. The van der Waals surface area contributed by atoms with E-state index in [-0.39, 0.29) is 11.6 Å². The maximum absolute atomic E-state index is 12.2. The van der Waals surface area contributed by atoms with Gasteiger partial charge in [-0.3, -0.25) is 10.7 Å². The molecular weight excluding hydrogens is 250 g/mol. The minimum Gasteiger partial charge on any atom is -0.311 e. The molecule has 0 aromatic carbocycles. The first kappa shape index (κ1) is 13.9. The standard InChI is InChI=1S/C16H27N3O/c1-11(2)13-4-3-8-16(9-7-13)14(17)18-15(20)19(16)10-12-5-6-12/h11-13H,3-10H2,1-2H3,(H2,17,18,20). The second-order valence-corrected chi connectivity index (χ2v) is 7.33. The molecule has 2 atom stereocenters. The number of nitrogens with zero attached hydrogens (tertiary/aromatic N) is 1. The summed E-state index contributed by atoms with van der Waals surface area (Å²) in [5.41, 5.74) is -0.302. The summed E-state index contributed by atoms with van der Waals surface area (Å²) in [5.74, 6) is 2.61. The lowest BCUT2D eigenvalue weighted by atomic mass is 9.85. The molecule has 1 spiro atoms. The Balaban J connectivity index is 1.79. The van der Waals surface area contributed by atoms with E-state index in [1.165, 1.54) is 19.3 Å². The van der Waals surface area contributed by atoms with Crippen LogP contribution >= 0.6 is 0 Å². The van der Waals surface area contributed by atoms with Crippen LogP contribution in [0.25, 0.3) is 0 Å². The fourth-order valence-electron chi connectivity index (χ4n) is 3.97. The Labute approximate surface area is 121 Å². The van der Waals surface area contributed by atoms with Gasteiger partial charge in [-0.05, 0) is 49.9 Å². The molecule has 4 heteroatoms. The van der Waals surface area contributed by atoms with Crippen LogP contribution in [0.4, 0.5) is 4.79 Å². The predicted molar refractivity (Wildman–Crippen MR) is 79.8 cm³/mol. The second kappa shape index (κ2) is 5.05. The minimum atomic E-state index is -0.302. The van der Waals surface area contributed by atoms with Gasteiger partial charge < -0.3 is 4.90 Å². The summed E-state index contributed by atoms with van der Waals surface area (Å²) < 4.78 is 0. The molecular formula is C16H27N3O. The largest absolute Gasteiger partial charge is 0.323 e. The van der Waals surface area contributed by atoms with Crippen LogP contribution < -0.4 is 5.32 Å². The highest BCUT2D eigenvalue weighted by molar-refractivity contribution is 6.08. The van der Waals surface area contributed by atoms with E-state index >= 15 is 0 Å². The summed E-state index contributed by atoms with van der Waals surface area (Å²) in [5, 5.41) is 11.1. The van der Waals surface area contributed by atoms with Gasteiger partial charge in [0.2, 0.25) is 0 Å². The average Bonchev–Trinajstić information content (AvgIpc) is 3.18. The first-order chi connectivity index (χ1) is 9.53. The lowest BCUT2D eigenvalue weighted by Gasteiger charge is -2.36. The molecule has 20 heavy (non-hydrogen) atoms. The lowest BCUT2D eigenvalue weighted by molar-refractivity contribution is 0.156. The zero-order valence-corrected chi connectivity index (χ0v) is 12.7. The van der Waals surface area contributed by atoms with Crippen LogP contribution in [-0.4, -0.2) is 28.9 Å². The molecule has 2 unspecified atom stereocenters. The van der Waals surface area contributed by atoms with E-state index in [1.54, 1.807) is 0 Å². The molecule has 2 saturated carbocycles. The third kappa shape index (κ3) is 2.33. The summed E-state index contributed by atoms with van der Waals surface area (Å²) in [6.45, 7) is 5.46. The van der Waals surface area contributed by atoms with Gasteiger partial charge in [-0.1, -0.05) is 26.7 Å². The molecule has 1 aliphatic heterocycles. The first-order valence-electron chi connectivity index (χ1n) is 8.20. The number of hydrogen-bond acceptors (Lipinski definition) is 2. The van der Waals surface area contributed by atoms with Gasteiger partial charge >= 0.3 is 6.03 Å². The van der Waals surface area contributed by atoms with Crippen molar-refractivity contribution >= 4 is 11.9 Å². The highest BCUT2D eigenvalue weighted by Crippen LogP contribution is 2.42. The number of urea groups is 1. The van der Waals surface area contributed by atoms with E-state index < -0.39 is 0 Å². The minimum absolute atomic E-state index is 0.0232. The van der Waals surface area contributed by atoms with Crippen molar-refractivity contribution in [3.8, 4) is 0 Å². The number of rotatable bonds is 3. The predicted octanol–water partition coefficient (Wildman–Crippen LogP) is 3.37. The third-order valence-corrected chi connectivity index (χ3v) is 5.63. The second-order valence-electron chi connectivity index (χ2n) is 7.33. The van der Waals surface area contributed by atoms with E-state index in [9.17, 15) is 4.79 Å². The normalized spacial score (nSPS) is 34.8. The summed E-state index contributed by atoms with van der Waals surface area (Å²) in [6.07, 6.45) is 7.99. The first-order valence-corrected chi connectivity index (χ1v) is 8.20. The molecule has 3 aliphatic rings. The smallest absolute Gasteiger partial charge is 0.311 e. The lowest BCUT2D eigenvalue weighted by Crippen LogP contribution is -2.50. The molecule has 0 bridgehead atoms. The number of carbonyl (C=O) groups excluding carboxylic acids is 1. The van der Waals surface area contributed by atoms with Gasteiger partial charge in [-0.25, -0.2) is 4.79 Å². The van der Waals surface area contributed by atoms with Crippen molar-refractivity contribution in [1.29, 1.82) is 5.41 Å². The van der Waals surface area contributed by atoms with Crippen LogP contribution in [0.1, 0.15) is 58.8 Å². The molecule has 1 heterocycles. The molecule has 1 saturated heterocycles. The monoisotopic (exact) mass is 277 g/mol. The third-order valence-electron chi connectivity index (χ3n) is 5.63. The van der Waals surface area contributed by atoms with Crippen LogP contribution in [0.5, 0.6) is 0 Å². The molecule has 0 radical (unpaired) electrons. The summed E-state index contributed by atoms with van der Waals surface area (Å²) in [7, 11) is 0. The molecule has 2 aliphatic carbocycles. The maximum atomic E-state index is 12.2. The van der Waals surface area contributed by atoms with E-state index in [0.717, 1.165) is 38.1 Å². The van der Waals surface area contributed by atoms with Crippen LogP contribution in [0.2, 0.25) is 0 Å². The molecule has 4 nitrogen and oxygen atoms in total. The van der Waals surface area contributed by atoms with E-state index in [2.05, 4.69) is 19.2 Å². The number of amidine groups is 1. The zero-order valence-electron chi connectivity index (χ0n) is 12.7. The van der Waals surface area contributed by atoms with Gasteiger partial charge in [0, 0.05) is 6.54 Å². The molecule has 112 valence electrons. The van der Waals surface area contributed by atoms with Gasteiger partial charge in [0.25, 0.3) is 0 Å². The molecule has 3 rings (SSSR count). The van der Waals surface area contributed by atoms with E-state index in [1.807, 2.05) is 4.90 Å². The maximum Gasteiger partial charge on any atom is 0.323 e. The van der Waals surface area contributed by atoms with Gasteiger partial charge in [-0.15, -0.1) is 0 Å². The van der Waals surface area contributed by atoms with Gasteiger partial charge in [0.15, 0.2) is 0 Å². The fraction of sp³-hybridized carbons (Fsp3) is 0.875. The van der Waals surface area contributed by atoms with Crippen molar-refractivity contribution < 1.29 is 4.79 Å². The van der Waals surface area contributed by atoms with Crippen molar-refractivity contribution in [3.05, 3.63) is 0 Å². The Bertz CT molecular complexity index is 416. The van der Waals surface area contributed by atoms with E-state index in [0.29, 0.717) is 17.7 Å². The zero-order chi connectivity index (χ0) is 14.3. The summed E-state index contributed by atoms with van der Waals surface area (Å²) in [6, 6.07) is -0.0232. The SMILES string of the molecule is CC(C)C1CCCC2(CC1)C(=N)NC(=O)N2CC1CC1. The molecule has 2 amide bonds. The Morgan fingerprint density at radius 1 is 1.30 bits per heavy atom. The quantitative estimate of drug-likeness (QED) is 0.816. The van der Waals surface area contributed by atoms with Crippen LogP contribution in [0.15, 0.2) is 0 Å². The number of hydrogen-bond donors (Lipinski definition) is 2. The van der Waals surface area contributed by atoms with Gasteiger partial charge in [0.05, 0.1) is 0 Å². The van der Waals surface area contributed by atoms with Gasteiger partial charge in [-0.2, -0.15) is 0 Å². The van der Waals surface area contributed by atoms with Crippen LogP contribution in [-0.2, 0) is 0 Å². The van der Waals surface area contributed by atoms with Crippen molar-refractivity contribution in [3.63, 3.8) is 0 Å². The van der Waals surface area contributed by atoms with Crippen molar-refractivity contribution in [2.24, 2.45) is 17.8 Å². The Morgan fingerprint density at radius 2 is 2.05 bits per heavy atom. The van der Waals surface area contributed by atoms with Crippen LogP contribution in [0, 0.1) is 23.2 Å². The number of amides is 2. The summed E-state index contributed by atoms with van der Waals surface area (Å²) in [4.78, 5) is 14.2. The number of carbonyl (C=O) groups is 1. The topological polar surface area (TPSA) is 56.2 Å². The Hall–Kier alpha value is -1.06. The Kier molecular flexibility index (Phi) is 3.51. The van der Waals surface area contributed by atoms with Crippen molar-refractivity contribution in [1.82, 2.24) is 10.2 Å². The Morgan fingerprint density at radius 3 is 2.70 bits per heavy atom.